The number of nitrogens with two attached hydrogens (primary N) is 1. The van der Waals surface area contributed by atoms with Crippen LogP contribution in [-0.4, -0.2) is 21.5 Å². The summed E-state index contributed by atoms with van der Waals surface area (Å²) >= 11 is 0. The molecule has 0 aliphatic rings. The van der Waals surface area contributed by atoms with Gasteiger partial charge in [-0.1, -0.05) is 17.3 Å². The van der Waals surface area contributed by atoms with E-state index in [9.17, 15) is 4.39 Å². The molecule has 0 aliphatic heterocycles. The van der Waals surface area contributed by atoms with E-state index in [0.29, 0.717) is 24.3 Å². The molecule has 1 aromatic carbocycles. The Balaban J connectivity index is 2.31. The van der Waals surface area contributed by atoms with Crippen molar-refractivity contribution in [1.29, 1.82) is 0 Å². The molecule has 4 nitrogen and oxygen atoms in total. The summed E-state index contributed by atoms with van der Waals surface area (Å²) in [5.41, 5.74) is 7.41. The highest BCUT2D eigenvalue weighted by Gasteiger charge is 2.05. The van der Waals surface area contributed by atoms with E-state index in [1.54, 1.807) is 23.9 Å². The standard InChI is InChI=1S/C11H13FN4/c1-8-2-3-9(6-10(8)12)11-7-16(5-4-13)15-14-11/h2-3,6-7H,4-5,13H2,1H3. The monoisotopic (exact) mass is 220 g/mol. The van der Waals surface area contributed by atoms with Crippen LogP contribution in [0.25, 0.3) is 11.3 Å². The number of benzene rings is 1. The van der Waals surface area contributed by atoms with E-state index < -0.39 is 0 Å². The molecule has 2 aromatic rings. The summed E-state index contributed by atoms with van der Waals surface area (Å²) in [5, 5.41) is 7.87. The molecule has 84 valence electrons. The van der Waals surface area contributed by atoms with Gasteiger partial charge in [0.15, 0.2) is 0 Å². The minimum Gasteiger partial charge on any atom is -0.329 e. The Morgan fingerprint density at radius 2 is 2.25 bits per heavy atom. The van der Waals surface area contributed by atoms with Crippen molar-refractivity contribution in [2.24, 2.45) is 5.73 Å². The number of nitrogens with zero attached hydrogens (tertiary/aromatic N) is 3. The van der Waals surface area contributed by atoms with E-state index in [2.05, 4.69) is 10.3 Å². The lowest BCUT2D eigenvalue weighted by atomic mass is 10.1. The summed E-state index contributed by atoms with van der Waals surface area (Å²) in [7, 11) is 0. The van der Waals surface area contributed by atoms with Gasteiger partial charge in [-0.2, -0.15) is 0 Å². The van der Waals surface area contributed by atoms with E-state index >= 15 is 0 Å². The van der Waals surface area contributed by atoms with Crippen LogP contribution in [0.1, 0.15) is 5.56 Å². The van der Waals surface area contributed by atoms with Gasteiger partial charge in [0.1, 0.15) is 11.5 Å². The van der Waals surface area contributed by atoms with Gasteiger partial charge in [0.2, 0.25) is 0 Å². The smallest absolute Gasteiger partial charge is 0.126 e. The molecule has 0 radical (unpaired) electrons. The molecule has 0 spiro atoms. The third-order valence-corrected chi connectivity index (χ3v) is 2.36. The minimum atomic E-state index is -0.231. The summed E-state index contributed by atoms with van der Waals surface area (Å²) in [5.74, 6) is -0.231. The normalized spacial score (nSPS) is 10.7. The molecule has 0 bridgehead atoms. The molecular formula is C11H13FN4. The molecule has 2 N–H and O–H groups in total. The van der Waals surface area contributed by atoms with E-state index in [0.717, 1.165) is 5.56 Å². The zero-order valence-electron chi connectivity index (χ0n) is 9.02. The van der Waals surface area contributed by atoms with Crippen LogP contribution in [0.5, 0.6) is 0 Å². The molecule has 1 heterocycles. The van der Waals surface area contributed by atoms with Crippen LogP contribution >= 0.6 is 0 Å². The maximum atomic E-state index is 13.3. The van der Waals surface area contributed by atoms with Crippen molar-refractivity contribution in [2.45, 2.75) is 13.5 Å². The van der Waals surface area contributed by atoms with E-state index in [4.69, 9.17) is 5.73 Å². The molecule has 2 rings (SSSR count). The van der Waals surface area contributed by atoms with Crippen molar-refractivity contribution >= 4 is 0 Å². The fourth-order valence-electron chi connectivity index (χ4n) is 1.42. The summed E-state index contributed by atoms with van der Waals surface area (Å²) in [6.45, 7) is 2.84. The molecule has 0 saturated carbocycles. The van der Waals surface area contributed by atoms with Crippen LogP contribution < -0.4 is 5.73 Å². The van der Waals surface area contributed by atoms with Gasteiger partial charge in [-0.3, -0.25) is 4.68 Å². The van der Waals surface area contributed by atoms with Crippen molar-refractivity contribution in [3.63, 3.8) is 0 Å². The van der Waals surface area contributed by atoms with Crippen LogP contribution in [0.2, 0.25) is 0 Å². The number of rotatable bonds is 3. The predicted octanol–water partition coefficient (Wildman–Crippen LogP) is 1.35. The Hall–Kier alpha value is -1.75. The third kappa shape index (κ3) is 2.09. The van der Waals surface area contributed by atoms with Crippen molar-refractivity contribution < 1.29 is 4.39 Å². The average Bonchev–Trinajstić information content (AvgIpc) is 2.71. The summed E-state index contributed by atoms with van der Waals surface area (Å²) in [4.78, 5) is 0. The first kappa shape index (κ1) is 10.8. The second kappa shape index (κ2) is 4.40. The SMILES string of the molecule is Cc1ccc(-c2cn(CCN)nn2)cc1F. The van der Waals surface area contributed by atoms with Crippen molar-refractivity contribution in [3.05, 3.63) is 35.8 Å². The Morgan fingerprint density at radius 3 is 2.94 bits per heavy atom. The number of aryl methyl sites for hydroxylation is 1. The first-order valence-electron chi connectivity index (χ1n) is 5.07. The van der Waals surface area contributed by atoms with Gasteiger partial charge in [-0.25, -0.2) is 4.39 Å². The van der Waals surface area contributed by atoms with Crippen molar-refractivity contribution in [3.8, 4) is 11.3 Å². The Labute approximate surface area is 92.9 Å². The lowest BCUT2D eigenvalue weighted by Gasteiger charge is -1.98. The molecule has 16 heavy (non-hydrogen) atoms. The second-order valence-corrected chi connectivity index (χ2v) is 3.62. The number of aromatic nitrogens is 3. The predicted molar refractivity (Wildman–Crippen MR) is 59.2 cm³/mol. The Morgan fingerprint density at radius 1 is 1.44 bits per heavy atom. The average molecular weight is 220 g/mol. The topological polar surface area (TPSA) is 56.7 Å². The van der Waals surface area contributed by atoms with Crippen LogP contribution in [0.15, 0.2) is 24.4 Å². The lowest BCUT2D eigenvalue weighted by Crippen LogP contribution is -2.10. The molecule has 0 saturated heterocycles. The maximum Gasteiger partial charge on any atom is 0.126 e. The number of halogens is 1. The van der Waals surface area contributed by atoms with Crippen molar-refractivity contribution in [2.75, 3.05) is 6.54 Å². The summed E-state index contributed by atoms with van der Waals surface area (Å²) in [6, 6.07) is 5.02. The van der Waals surface area contributed by atoms with Crippen LogP contribution in [0.3, 0.4) is 0 Å². The van der Waals surface area contributed by atoms with Crippen LogP contribution in [0.4, 0.5) is 4.39 Å². The Kier molecular flexibility index (Phi) is 2.96. The zero-order valence-corrected chi connectivity index (χ0v) is 9.02. The number of hydrogen-bond acceptors (Lipinski definition) is 3. The molecule has 5 heteroatoms. The van der Waals surface area contributed by atoms with Crippen molar-refractivity contribution in [1.82, 2.24) is 15.0 Å². The highest BCUT2D eigenvalue weighted by atomic mass is 19.1. The number of hydrogen-bond donors (Lipinski definition) is 1. The van der Waals surface area contributed by atoms with E-state index in [-0.39, 0.29) is 5.82 Å². The quantitative estimate of drug-likeness (QED) is 0.849. The summed E-state index contributed by atoms with van der Waals surface area (Å²) in [6.07, 6.45) is 1.76. The first-order chi connectivity index (χ1) is 7.70. The minimum absolute atomic E-state index is 0.231. The largest absolute Gasteiger partial charge is 0.329 e. The van der Waals surface area contributed by atoms with Gasteiger partial charge in [0.25, 0.3) is 0 Å². The highest BCUT2D eigenvalue weighted by Crippen LogP contribution is 2.18. The van der Waals surface area contributed by atoms with Gasteiger partial charge in [-0.05, 0) is 18.6 Å². The molecular weight excluding hydrogens is 207 g/mol. The van der Waals surface area contributed by atoms with Crippen LogP contribution in [-0.2, 0) is 6.54 Å². The fraction of sp³-hybridized carbons (Fsp3) is 0.273. The second-order valence-electron chi connectivity index (χ2n) is 3.62. The van der Waals surface area contributed by atoms with E-state index in [1.807, 2.05) is 6.07 Å². The molecule has 0 aliphatic carbocycles. The molecule has 0 fully saturated rings. The van der Waals surface area contributed by atoms with Gasteiger partial charge in [0, 0.05) is 12.1 Å². The molecule has 0 unspecified atom stereocenters. The maximum absolute atomic E-state index is 13.3. The first-order valence-corrected chi connectivity index (χ1v) is 5.07. The third-order valence-electron chi connectivity index (χ3n) is 2.36. The lowest BCUT2D eigenvalue weighted by molar-refractivity contribution is 0.598. The molecule has 0 amide bonds. The fourth-order valence-corrected chi connectivity index (χ4v) is 1.42. The zero-order chi connectivity index (χ0) is 11.5. The van der Waals surface area contributed by atoms with Gasteiger partial charge >= 0.3 is 0 Å². The van der Waals surface area contributed by atoms with Crippen LogP contribution in [0, 0.1) is 12.7 Å². The highest BCUT2D eigenvalue weighted by molar-refractivity contribution is 5.58. The van der Waals surface area contributed by atoms with E-state index in [1.165, 1.54) is 6.07 Å². The van der Waals surface area contributed by atoms with Gasteiger partial charge in [-0.15, -0.1) is 5.10 Å². The Bertz CT molecular complexity index is 492. The van der Waals surface area contributed by atoms with Gasteiger partial charge in [0.05, 0.1) is 12.7 Å². The van der Waals surface area contributed by atoms with Gasteiger partial charge < -0.3 is 5.73 Å². The molecule has 0 atom stereocenters. The summed E-state index contributed by atoms with van der Waals surface area (Å²) < 4.78 is 15.0. The molecule has 1 aromatic heterocycles.